The monoisotopic (exact) mass is 638 g/mol. The number of rotatable bonds is 12. The Morgan fingerprint density at radius 2 is 1.64 bits per heavy atom. The maximum atomic E-state index is 6.57. The molecule has 3 aromatic carbocycles. The Kier molecular flexibility index (Phi) is 9.79. The van der Waals surface area contributed by atoms with Gasteiger partial charge in [0.15, 0.2) is 0 Å². The van der Waals surface area contributed by atoms with E-state index in [-0.39, 0.29) is 6.10 Å². The zero-order valence-electron chi connectivity index (χ0n) is 24.6. The Balaban J connectivity index is 0.953. The minimum Gasteiger partial charge on any atom is -0.497 e. The zero-order valence-corrected chi connectivity index (χ0v) is 26.1. The van der Waals surface area contributed by atoms with Crippen molar-refractivity contribution in [3.05, 3.63) is 101 Å². The second-order valence-electron chi connectivity index (χ2n) is 10.8. The Morgan fingerprint density at radius 1 is 0.909 bits per heavy atom. The molecule has 0 spiro atoms. The van der Waals surface area contributed by atoms with Gasteiger partial charge in [0.05, 0.1) is 31.6 Å². The summed E-state index contributed by atoms with van der Waals surface area (Å²) in [5.74, 6) is 1.33. The lowest BCUT2D eigenvalue weighted by Gasteiger charge is -2.36. The lowest BCUT2D eigenvalue weighted by molar-refractivity contribution is -0.189. The van der Waals surface area contributed by atoms with E-state index in [0.29, 0.717) is 42.0 Å². The molecule has 2 fully saturated rings. The minimum absolute atomic E-state index is 0.300. The summed E-state index contributed by atoms with van der Waals surface area (Å²) in [5.41, 5.74) is 1.94. The molecule has 0 N–H and O–H groups in total. The zero-order chi connectivity index (χ0) is 30.4. The van der Waals surface area contributed by atoms with Gasteiger partial charge in [-0.25, -0.2) is 4.98 Å². The molecule has 0 radical (unpaired) electrons. The van der Waals surface area contributed by atoms with E-state index < -0.39 is 5.79 Å². The van der Waals surface area contributed by atoms with Crippen LogP contribution in [0.25, 0.3) is 0 Å². The highest BCUT2D eigenvalue weighted by atomic mass is 35.5. The fourth-order valence-electron chi connectivity index (χ4n) is 5.51. The molecule has 1 aromatic heterocycles. The van der Waals surface area contributed by atoms with Gasteiger partial charge in [-0.2, -0.15) is 0 Å². The third-order valence-electron chi connectivity index (χ3n) is 7.90. The van der Waals surface area contributed by atoms with Crippen LogP contribution in [0.3, 0.4) is 0 Å². The number of benzene rings is 3. The fourth-order valence-corrected chi connectivity index (χ4v) is 6.06. The van der Waals surface area contributed by atoms with Crippen LogP contribution >= 0.6 is 23.2 Å². The molecule has 9 nitrogen and oxygen atoms in total. The van der Waals surface area contributed by atoms with Gasteiger partial charge in [-0.05, 0) is 60.7 Å². The van der Waals surface area contributed by atoms with Gasteiger partial charge in [0, 0.05) is 61.4 Å². The van der Waals surface area contributed by atoms with E-state index in [1.807, 2.05) is 53.2 Å². The first-order valence-electron chi connectivity index (χ1n) is 14.7. The second-order valence-corrected chi connectivity index (χ2v) is 11.7. The van der Waals surface area contributed by atoms with Crippen molar-refractivity contribution in [2.45, 2.75) is 18.4 Å². The molecule has 4 aromatic rings. The fraction of sp³-hybridized carbons (Fsp3) is 0.364. The quantitative estimate of drug-likeness (QED) is 0.194. The first-order chi connectivity index (χ1) is 21.5. The molecule has 2 aliphatic heterocycles. The summed E-state index contributed by atoms with van der Waals surface area (Å²) < 4.78 is 32.0. The van der Waals surface area contributed by atoms with Crippen molar-refractivity contribution in [2.24, 2.45) is 0 Å². The van der Waals surface area contributed by atoms with Crippen molar-refractivity contribution in [3.8, 4) is 17.2 Å². The van der Waals surface area contributed by atoms with Crippen LogP contribution in [-0.2, 0) is 21.8 Å². The highest BCUT2D eigenvalue weighted by Gasteiger charge is 2.45. The highest BCUT2D eigenvalue weighted by molar-refractivity contribution is 6.35. The summed E-state index contributed by atoms with van der Waals surface area (Å²) in [6.07, 6.45) is 4.99. The summed E-state index contributed by atoms with van der Waals surface area (Å²) in [5, 5.41) is 1.02. The maximum absolute atomic E-state index is 6.57. The Hall–Kier alpha value is -3.47. The SMILES string of the molecule is COc1ccc(N2CCN(CCOc3ccc(OCC4COC(Cn5ccnc5)(c5ccc(Cl)cc5Cl)O4)cc3)CC2)cc1. The van der Waals surface area contributed by atoms with Gasteiger partial charge in [-0.3, -0.25) is 4.90 Å². The summed E-state index contributed by atoms with van der Waals surface area (Å²) in [6.45, 7) is 6.55. The molecule has 44 heavy (non-hydrogen) atoms. The van der Waals surface area contributed by atoms with E-state index in [9.17, 15) is 0 Å². The molecular weight excluding hydrogens is 603 g/mol. The smallest absolute Gasteiger partial charge is 0.215 e. The topological polar surface area (TPSA) is 70.5 Å². The third-order valence-corrected chi connectivity index (χ3v) is 8.44. The molecule has 2 aliphatic rings. The molecule has 2 unspecified atom stereocenters. The number of anilines is 1. The van der Waals surface area contributed by atoms with Gasteiger partial charge in [-0.15, -0.1) is 0 Å². The second kappa shape index (κ2) is 14.1. The number of hydrogen-bond acceptors (Lipinski definition) is 8. The summed E-state index contributed by atoms with van der Waals surface area (Å²) in [7, 11) is 1.69. The number of methoxy groups -OCH3 is 1. The van der Waals surface area contributed by atoms with Crippen molar-refractivity contribution in [1.29, 1.82) is 0 Å². The Bertz CT molecular complexity index is 1480. The normalized spacial score (nSPS) is 20.5. The van der Waals surface area contributed by atoms with Crippen LogP contribution in [-0.4, -0.2) is 80.2 Å². The number of halogens is 2. The number of ether oxygens (including phenoxy) is 5. The summed E-state index contributed by atoms with van der Waals surface area (Å²) in [6, 6.07) is 21.3. The lowest BCUT2D eigenvalue weighted by Crippen LogP contribution is -2.47. The predicted octanol–water partition coefficient (Wildman–Crippen LogP) is 5.75. The lowest BCUT2D eigenvalue weighted by atomic mass is 10.1. The molecule has 2 saturated heterocycles. The third kappa shape index (κ3) is 7.42. The summed E-state index contributed by atoms with van der Waals surface area (Å²) >= 11 is 12.7. The van der Waals surface area contributed by atoms with Gasteiger partial charge in [0.25, 0.3) is 0 Å². The van der Waals surface area contributed by atoms with Crippen molar-refractivity contribution in [2.75, 3.05) is 64.6 Å². The molecule has 0 amide bonds. The molecular formula is C33H36Cl2N4O5. The van der Waals surface area contributed by atoms with Gasteiger partial charge in [-0.1, -0.05) is 29.3 Å². The number of aromatic nitrogens is 2. The number of nitrogens with zero attached hydrogens (tertiary/aromatic N) is 4. The largest absolute Gasteiger partial charge is 0.497 e. The Labute approximate surface area is 267 Å². The molecule has 0 aliphatic carbocycles. The molecule has 0 saturated carbocycles. The van der Waals surface area contributed by atoms with Crippen molar-refractivity contribution in [3.63, 3.8) is 0 Å². The van der Waals surface area contributed by atoms with Crippen LogP contribution in [0.2, 0.25) is 10.0 Å². The van der Waals surface area contributed by atoms with E-state index >= 15 is 0 Å². The predicted molar refractivity (Wildman–Crippen MR) is 170 cm³/mol. The first-order valence-corrected chi connectivity index (χ1v) is 15.5. The van der Waals surface area contributed by atoms with Crippen molar-refractivity contribution in [1.82, 2.24) is 14.5 Å². The molecule has 2 atom stereocenters. The van der Waals surface area contributed by atoms with Gasteiger partial charge >= 0.3 is 0 Å². The molecule has 232 valence electrons. The van der Waals surface area contributed by atoms with Crippen LogP contribution in [0.15, 0.2) is 85.5 Å². The van der Waals surface area contributed by atoms with Gasteiger partial charge < -0.3 is 33.2 Å². The number of imidazole rings is 1. The van der Waals surface area contributed by atoms with E-state index in [2.05, 4.69) is 26.9 Å². The van der Waals surface area contributed by atoms with Gasteiger partial charge in [0.1, 0.15) is 36.6 Å². The van der Waals surface area contributed by atoms with Crippen molar-refractivity contribution >= 4 is 28.9 Å². The van der Waals surface area contributed by atoms with E-state index in [0.717, 1.165) is 50.0 Å². The van der Waals surface area contributed by atoms with Crippen LogP contribution in [0.5, 0.6) is 17.2 Å². The van der Waals surface area contributed by atoms with Crippen LogP contribution < -0.4 is 19.1 Å². The van der Waals surface area contributed by atoms with Crippen LogP contribution in [0.1, 0.15) is 5.56 Å². The highest BCUT2D eigenvalue weighted by Crippen LogP contribution is 2.40. The summed E-state index contributed by atoms with van der Waals surface area (Å²) in [4.78, 5) is 8.99. The molecule has 3 heterocycles. The minimum atomic E-state index is -1.09. The maximum Gasteiger partial charge on any atom is 0.215 e. The molecule has 6 rings (SSSR count). The first kappa shape index (κ1) is 30.6. The molecule has 0 bridgehead atoms. The number of hydrogen-bond donors (Lipinski definition) is 0. The van der Waals surface area contributed by atoms with Crippen LogP contribution in [0.4, 0.5) is 5.69 Å². The average molecular weight is 640 g/mol. The molecule has 11 heteroatoms. The Morgan fingerprint density at radius 3 is 2.32 bits per heavy atom. The van der Waals surface area contributed by atoms with Crippen molar-refractivity contribution < 1.29 is 23.7 Å². The van der Waals surface area contributed by atoms with Gasteiger partial charge in [0.2, 0.25) is 5.79 Å². The number of piperazine rings is 1. The van der Waals surface area contributed by atoms with E-state index in [1.54, 1.807) is 31.8 Å². The van der Waals surface area contributed by atoms with E-state index in [1.165, 1.54) is 5.69 Å². The standard InChI is InChI=1S/C33H36Cl2N4O5/c1-40-27-5-3-26(4-6-27)39-16-14-37(15-17-39)18-19-41-28-7-9-29(10-8-28)42-21-30-22-43-33(44-30,23-38-13-12-36-24-38)31-11-2-25(34)20-32(31)35/h2-13,20,24,30H,14-19,21-23H2,1H3. The van der Waals surface area contributed by atoms with Crippen LogP contribution in [0, 0.1) is 0 Å². The van der Waals surface area contributed by atoms with E-state index in [4.69, 9.17) is 46.9 Å². The average Bonchev–Trinajstić information content (AvgIpc) is 3.72.